The Morgan fingerprint density at radius 2 is 0.695 bits per heavy atom. The molecule has 0 spiro atoms. The molecule has 48 heteroatoms. The third-order valence-corrected chi connectivity index (χ3v) is 14.0. The summed E-state index contributed by atoms with van der Waals surface area (Å²) in [5.74, 6) is -4.57. The number of rotatable bonds is 28. The Morgan fingerprint density at radius 3 is 0.958 bits per heavy atom. The zero-order chi connectivity index (χ0) is 88.8. The van der Waals surface area contributed by atoms with Gasteiger partial charge in [-0.3, -0.25) is 40.5 Å². The monoisotopic (exact) mass is 1660 g/mol. The number of aliphatic carboxylic acids is 4. The van der Waals surface area contributed by atoms with E-state index in [9.17, 15) is 99.2 Å². The molecule has 4 heterocycles. The lowest BCUT2D eigenvalue weighted by Gasteiger charge is -2.22. The maximum absolute atomic E-state index is 11.8. The SMILES string of the molecule is Cc1nc(-c2ccc(OC[C@H](NC(=O)OC(C)(C)C)C(=O)O)c([N+](=O)[O-])c2)no1.Cc1nnc(-c2cc([N+](=O)[O-])c(OC[C@H](NC(=O)OC(C)(C)C)C(=O)O)cc2C)o1.Cc1nnc(-c2cc([N+](=O)[O-])c(OC[C@H](NC(=O)OC(C)(C)C)C(=O)O)cc2C)o1.Cc1noc(-c2ccc(OC[C@H](NC(=O)OC(C)(C)C)C(=O)O)c([N+](=O)[O-])c2)n1. The zero-order valence-electron chi connectivity index (χ0n) is 66.5. The quantitative estimate of drug-likeness (QED) is 0.0128. The molecule has 0 bridgehead atoms. The van der Waals surface area contributed by atoms with Crippen molar-refractivity contribution in [2.45, 2.75) is 171 Å². The van der Waals surface area contributed by atoms with Gasteiger partial charge in [0.2, 0.25) is 35.3 Å². The van der Waals surface area contributed by atoms with Gasteiger partial charge in [0.1, 0.15) is 48.8 Å². The lowest BCUT2D eigenvalue weighted by molar-refractivity contribution is -0.386. The van der Waals surface area contributed by atoms with Gasteiger partial charge < -0.3 is 97.5 Å². The van der Waals surface area contributed by atoms with Gasteiger partial charge in [0, 0.05) is 67.3 Å². The van der Waals surface area contributed by atoms with E-state index < -0.39 is 164 Å². The first-order valence-electron chi connectivity index (χ1n) is 34.4. The number of nitro benzene ring substituents is 4. The zero-order valence-corrected chi connectivity index (χ0v) is 66.5. The number of carboxylic acid groups (broad SMARTS) is 4. The number of alkyl carbamates (subject to hydrolysis) is 4. The minimum absolute atomic E-state index is 0.0900. The fraction of sp³-hybridized carbons (Fsp3) is 0.429. The number of aryl methyl sites for hydroxylation is 6. The fourth-order valence-corrected chi connectivity index (χ4v) is 8.99. The second-order valence-electron chi connectivity index (χ2n) is 28.6. The Bertz CT molecular complexity index is 4680. The molecule has 48 nitrogen and oxygen atoms in total. The number of carbonyl (C=O) groups is 8. The molecule has 0 fully saturated rings. The largest absolute Gasteiger partial charge is 0.484 e. The van der Waals surface area contributed by atoms with Crippen molar-refractivity contribution in [3.8, 4) is 68.7 Å². The maximum Gasteiger partial charge on any atom is 0.408 e. The Balaban J connectivity index is 0.000000280. The molecule has 0 aliphatic carbocycles. The van der Waals surface area contributed by atoms with Gasteiger partial charge in [-0.05, 0) is 151 Å². The van der Waals surface area contributed by atoms with Crippen molar-refractivity contribution in [3.63, 3.8) is 0 Å². The van der Waals surface area contributed by atoms with E-state index in [1.165, 1.54) is 60.7 Å². The maximum atomic E-state index is 11.8. The predicted molar refractivity (Wildman–Crippen MR) is 399 cm³/mol. The van der Waals surface area contributed by atoms with E-state index in [4.69, 9.17) is 55.8 Å². The highest BCUT2D eigenvalue weighted by atomic mass is 16.7. The first kappa shape index (κ1) is 93.8. The van der Waals surface area contributed by atoms with Gasteiger partial charge in [-0.2, -0.15) is 9.97 Å². The normalized spacial score (nSPS) is 12.2. The van der Waals surface area contributed by atoms with Crippen LogP contribution >= 0.6 is 0 Å². The van der Waals surface area contributed by atoms with E-state index in [0.717, 1.165) is 0 Å². The summed E-state index contributed by atoms with van der Waals surface area (Å²) in [5, 5.41) is 114. The number of benzene rings is 4. The van der Waals surface area contributed by atoms with Gasteiger partial charge >= 0.3 is 71.0 Å². The lowest BCUT2D eigenvalue weighted by Crippen LogP contribution is -2.46. The molecule has 118 heavy (non-hydrogen) atoms. The van der Waals surface area contributed by atoms with Gasteiger partial charge in [-0.25, -0.2) is 38.4 Å². The number of hydrogen-bond acceptors (Lipinski definition) is 36. The molecule has 8 N–H and O–H groups in total. The van der Waals surface area contributed by atoms with E-state index in [-0.39, 0.29) is 46.5 Å². The van der Waals surface area contributed by atoms with Crippen LogP contribution in [0.2, 0.25) is 0 Å². The van der Waals surface area contributed by atoms with Crippen molar-refractivity contribution in [1.29, 1.82) is 0 Å². The smallest absolute Gasteiger partial charge is 0.408 e. The van der Waals surface area contributed by atoms with Crippen molar-refractivity contribution in [1.82, 2.24) is 61.9 Å². The van der Waals surface area contributed by atoms with Crippen LogP contribution in [0.3, 0.4) is 0 Å². The Morgan fingerprint density at radius 1 is 0.390 bits per heavy atom. The predicted octanol–water partition coefficient (Wildman–Crippen LogP) is 9.86. The van der Waals surface area contributed by atoms with Gasteiger partial charge in [-0.15, -0.1) is 20.4 Å². The Labute approximate surface area is 667 Å². The molecule has 0 radical (unpaired) electrons. The molecule has 0 unspecified atom stereocenters. The van der Waals surface area contributed by atoms with E-state index in [1.807, 2.05) is 0 Å². The van der Waals surface area contributed by atoms with E-state index in [0.29, 0.717) is 56.9 Å². The van der Waals surface area contributed by atoms with Crippen molar-refractivity contribution in [2.24, 2.45) is 0 Å². The molecular formula is C70H84N16O32. The summed E-state index contributed by atoms with van der Waals surface area (Å²) < 4.78 is 61.8. The second kappa shape index (κ2) is 40.3. The Hall–Kier alpha value is -14.8. The lowest BCUT2D eigenvalue weighted by atomic mass is 10.1. The molecule has 0 aliphatic rings. The van der Waals surface area contributed by atoms with Gasteiger partial charge in [0.05, 0.1) is 19.7 Å². The van der Waals surface area contributed by atoms with Gasteiger partial charge in [-0.1, -0.05) is 10.3 Å². The summed E-state index contributed by atoms with van der Waals surface area (Å²) in [6.07, 6.45) is -3.81. The van der Waals surface area contributed by atoms with E-state index in [1.54, 1.807) is 125 Å². The van der Waals surface area contributed by atoms with Crippen molar-refractivity contribution >= 4 is 71.0 Å². The van der Waals surface area contributed by atoms with Crippen molar-refractivity contribution in [2.75, 3.05) is 26.4 Å². The molecule has 0 saturated carbocycles. The molecule has 8 rings (SSSR count). The molecule has 0 aliphatic heterocycles. The number of nitrogens with one attached hydrogen (secondary N) is 4. The second-order valence-corrected chi connectivity index (χ2v) is 28.6. The number of nitro groups is 4. The highest BCUT2D eigenvalue weighted by Gasteiger charge is 2.33. The molecule has 0 saturated heterocycles. The van der Waals surface area contributed by atoms with Crippen LogP contribution in [0, 0.1) is 82.0 Å². The van der Waals surface area contributed by atoms with Gasteiger partial charge in [0.15, 0.2) is 53.0 Å². The summed E-state index contributed by atoms with van der Waals surface area (Å²) in [6.45, 7) is 26.9. The number of aromatic nitrogens is 8. The van der Waals surface area contributed by atoms with Crippen LogP contribution in [0.5, 0.6) is 23.0 Å². The average Bonchev–Trinajstić information content (AvgIpc) is 1.42. The van der Waals surface area contributed by atoms with Crippen molar-refractivity contribution < 1.29 is 134 Å². The van der Waals surface area contributed by atoms with Crippen LogP contribution in [0.15, 0.2) is 78.5 Å². The van der Waals surface area contributed by atoms with E-state index >= 15 is 0 Å². The van der Waals surface area contributed by atoms with Crippen LogP contribution in [-0.2, 0) is 38.1 Å². The number of carbonyl (C=O) groups excluding carboxylic acids is 4. The summed E-state index contributed by atoms with van der Waals surface area (Å²) >= 11 is 0. The third-order valence-electron chi connectivity index (χ3n) is 14.0. The van der Waals surface area contributed by atoms with Crippen LogP contribution in [0.25, 0.3) is 45.8 Å². The van der Waals surface area contributed by atoms with Crippen molar-refractivity contribution in [3.05, 3.63) is 136 Å². The highest BCUT2D eigenvalue weighted by Crippen LogP contribution is 2.38. The standard InChI is InChI=1S/2C18H22N4O8.2C17H20N4O8/c2*1-9-6-14(13(22(26)27)7-11(9)15-21-20-10(2)29-15)28-8-12(16(23)24)19-17(25)30-18(3,4)5;1-9-18-14(20-29-9)10-5-6-13(12(7-10)21(25)26)27-8-11(15(22)23)19-16(24)28-17(2,3)4;1-9-18-14(29-20-9)10-5-6-13(12(7-10)21(25)26)27-8-11(15(22)23)19-16(24)28-17(2,3)4/h2*6-7,12H,8H2,1-5H3,(H,19,25)(H,23,24);2*5-7,11H,8H2,1-4H3,(H,19,24)(H,22,23)/t2*12-;2*11-/m0000/s1. The fourth-order valence-electron chi connectivity index (χ4n) is 8.99. The molecule has 4 aromatic carbocycles. The van der Waals surface area contributed by atoms with Crippen LogP contribution < -0.4 is 40.2 Å². The average molecular weight is 1660 g/mol. The van der Waals surface area contributed by atoms with Crippen LogP contribution in [-0.4, -0.2) is 202 Å². The molecule has 8 aromatic rings. The summed E-state index contributed by atoms with van der Waals surface area (Å²) in [4.78, 5) is 144. The molecule has 636 valence electrons. The molecular weight excluding hydrogens is 1580 g/mol. The number of nitrogens with zero attached hydrogens (tertiary/aromatic N) is 12. The first-order valence-corrected chi connectivity index (χ1v) is 34.4. The highest BCUT2D eigenvalue weighted by molar-refractivity contribution is 5.83. The molecule has 4 atom stereocenters. The Kier molecular flexibility index (Phi) is 32.0. The van der Waals surface area contributed by atoms with Crippen LogP contribution in [0.4, 0.5) is 41.9 Å². The van der Waals surface area contributed by atoms with Crippen LogP contribution in [0.1, 0.15) is 118 Å². The third kappa shape index (κ3) is 30.3. The minimum atomic E-state index is -1.49. The number of hydrogen-bond donors (Lipinski definition) is 8. The summed E-state index contributed by atoms with van der Waals surface area (Å²) in [6, 6.07) is 7.00. The molecule has 4 aromatic heterocycles. The van der Waals surface area contributed by atoms with Gasteiger partial charge in [0.25, 0.3) is 5.89 Å². The van der Waals surface area contributed by atoms with E-state index in [2.05, 4.69) is 61.9 Å². The summed E-state index contributed by atoms with van der Waals surface area (Å²) in [7, 11) is 0. The number of carboxylic acids is 4. The topological polar surface area (TPSA) is 668 Å². The first-order chi connectivity index (χ1) is 54.7. The number of ether oxygens (including phenoxy) is 8. The summed E-state index contributed by atoms with van der Waals surface area (Å²) in [5.41, 5.74) is -2.63. The minimum Gasteiger partial charge on any atom is -0.484 e. The number of amides is 4. The molecule has 4 amide bonds.